The molecule has 0 amide bonds. The maximum absolute atomic E-state index is 5.84. The van der Waals surface area contributed by atoms with Crippen LogP contribution in [0.25, 0.3) is 11.0 Å². The lowest BCUT2D eigenvalue weighted by atomic mass is 10.2. The van der Waals surface area contributed by atoms with E-state index in [1.807, 2.05) is 12.1 Å². The lowest BCUT2D eigenvalue weighted by Gasteiger charge is -2.08. The zero-order valence-electron chi connectivity index (χ0n) is 11.0. The molecule has 18 heavy (non-hydrogen) atoms. The molecule has 0 aliphatic heterocycles. The molecule has 1 N–H and O–H groups in total. The minimum atomic E-state index is 0.215. The molecule has 0 aliphatic rings. The molecule has 1 unspecified atom stereocenters. The molecule has 3 heteroatoms. The van der Waals surface area contributed by atoms with Gasteiger partial charge in [-0.05, 0) is 45.0 Å². The topological polar surface area (TPSA) is 25.2 Å². The molecule has 0 fully saturated rings. The Hall–Kier alpha value is -1.06. The third-order valence-corrected chi connectivity index (χ3v) is 3.35. The van der Waals surface area contributed by atoms with Crippen LogP contribution in [0, 0.1) is 0 Å². The van der Waals surface area contributed by atoms with Crippen molar-refractivity contribution in [2.45, 2.75) is 26.8 Å². The van der Waals surface area contributed by atoms with Gasteiger partial charge in [0.2, 0.25) is 0 Å². The van der Waals surface area contributed by atoms with Crippen LogP contribution in [0.1, 0.15) is 32.6 Å². The number of halogens is 1. The molecule has 2 nitrogen and oxygen atoms in total. The maximum atomic E-state index is 5.84. The van der Waals surface area contributed by atoms with Gasteiger partial charge in [0.15, 0.2) is 0 Å². The van der Waals surface area contributed by atoms with E-state index in [1.54, 1.807) is 0 Å². The zero-order chi connectivity index (χ0) is 13.1. The van der Waals surface area contributed by atoms with Crippen LogP contribution in [0.5, 0.6) is 0 Å². The molecular formula is C15H18BrNO. The smallest absolute Gasteiger partial charge is 0.134 e. The van der Waals surface area contributed by atoms with Gasteiger partial charge in [-0.2, -0.15) is 0 Å². The van der Waals surface area contributed by atoms with Crippen molar-refractivity contribution in [1.82, 2.24) is 5.32 Å². The standard InChI is InChI=1S/C15H18BrNO/c1-10(2)6-7-17-11(3)15-9-12-8-13(16)4-5-14(12)18-15/h4-6,8-9,11,17H,7H2,1-3H3. The van der Waals surface area contributed by atoms with Crippen LogP contribution in [0.4, 0.5) is 0 Å². The summed E-state index contributed by atoms with van der Waals surface area (Å²) in [6.45, 7) is 7.19. The molecule has 2 rings (SSSR count). The number of allylic oxidation sites excluding steroid dienone is 1. The monoisotopic (exact) mass is 307 g/mol. The van der Waals surface area contributed by atoms with Gasteiger partial charge in [0.25, 0.3) is 0 Å². The van der Waals surface area contributed by atoms with Crippen molar-refractivity contribution in [2.24, 2.45) is 0 Å². The van der Waals surface area contributed by atoms with Crippen LogP contribution in [0.15, 0.2) is 44.8 Å². The third-order valence-electron chi connectivity index (χ3n) is 2.86. The molecule has 0 bridgehead atoms. The highest BCUT2D eigenvalue weighted by atomic mass is 79.9. The van der Waals surface area contributed by atoms with E-state index in [0.717, 1.165) is 27.7 Å². The third kappa shape index (κ3) is 3.24. The molecule has 1 atom stereocenters. The van der Waals surface area contributed by atoms with Gasteiger partial charge in [0, 0.05) is 16.4 Å². The Kier molecular flexibility index (Phi) is 4.25. The molecule has 1 heterocycles. The van der Waals surface area contributed by atoms with Crippen molar-refractivity contribution in [3.8, 4) is 0 Å². The van der Waals surface area contributed by atoms with Gasteiger partial charge in [0.1, 0.15) is 11.3 Å². The van der Waals surface area contributed by atoms with Gasteiger partial charge >= 0.3 is 0 Å². The van der Waals surface area contributed by atoms with Crippen LogP contribution in [0.2, 0.25) is 0 Å². The van der Waals surface area contributed by atoms with Crippen molar-refractivity contribution in [3.05, 3.63) is 46.1 Å². The molecule has 0 saturated heterocycles. The Morgan fingerprint density at radius 2 is 2.17 bits per heavy atom. The molecular weight excluding hydrogens is 290 g/mol. The highest BCUT2D eigenvalue weighted by Gasteiger charge is 2.10. The van der Waals surface area contributed by atoms with E-state index in [-0.39, 0.29) is 6.04 Å². The first kappa shape index (κ1) is 13.4. The molecule has 0 saturated carbocycles. The summed E-state index contributed by atoms with van der Waals surface area (Å²) in [7, 11) is 0. The lowest BCUT2D eigenvalue weighted by molar-refractivity contribution is 0.465. The fourth-order valence-electron chi connectivity index (χ4n) is 1.79. The number of benzene rings is 1. The number of furan rings is 1. The van der Waals surface area contributed by atoms with E-state index < -0.39 is 0 Å². The second kappa shape index (κ2) is 5.72. The summed E-state index contributed by atoms with van der Waals surface area (Å²) in [4.78, 5) is 0. The molecule has 2 aromatic rings. The Labute approximate surface area is 116 Å². The van der Waals surface area contributed by atoms with Crippen molar-refractivity contribution >= 4 is 26.9 Å². The summed E-state index contributed by atoms with van der Waals surface area (Å²) in [6, 6.07) is 8.38. The van der Waals surface area contributed by atoms with E-state index >= 15 is 0 Å². The first-order chi connectivity index (χ1) is 8.56. The predicted octanol–water partition coefficient (Wildman–Crippen LogP) is 4.81. The lowest BCUT2D eigenvalue weighted by Crippen LogP contribution is -2.18. The SMILES string of the molecule is CC(C)=CCNC(C)c1cc2cc(Br)ccc2o1. The van der Waals surface area contributed by atoms with Gasteiger partial charge < -0.3 is 9.73 Å². The van der Waals surface area contributed by atoms with E-state index in [9.17, 15) is 0 Å². The van der Waals surface area contributed by atoms with Crippen molar-refractivity contribution in [1.29, 1.82) is 0 Å². The second-order valence-electron chi connectivity index (χ2n) is 4.74. The second-order valence-corrected chi connectivity index (χ2v) is 5.66. The van der Waals surface area contributed by atoms with Crippen molar-refractivity contribution in [2.75, 3.05) is 6.54 Å². The Morgan fingerprint density at radius 1 is 1.39 bits per heavy atom. The fourth-order valence-corrected chi connectivity index (χ4v) is 2.17. The van der Waals surface area contributed by atoms with Gasteiger partial charge in [-0.25, -0.2) is 0 Å². The summed E-state index contributed by atoms with van der Waals surface area (Å²) in [5, 5.41) is 4.56. The van der Waals surface area contributed by atoms with E-state index in [1.165, 1.54) is 5.57 Å². The summed E-state index contributed by atoms with van der Waals surface area (Å²) in [6.07, 6.45) is 2.18. The van der Waals surface area contributed by atoms with Crippen LogP contribution in [-0.4, -0.2) is 6.54 Å². The van der Waals surface area contributed by atoms with E-state index in [0.29, 0.717) is 0 Å². The largest absolute Gasteiger partial charge is 0.459 e. The summed E-state index contributed by atoms with van der Waals surface area (Å²) >= 11 is 3.47. The molecule has 0 spiro atoms. The quantitative estimate of drug-likeness (QED) is 0.820. The average molecular weight is 308 g/mol. The van der Waals surface area contributed by atoms with E-state index in [4.69, 9.17) is 4.42 Å². The minimum absolute atomic E-state index is 0.215. The average Bonchev–Trinajstić information content (AvgIpc) is 2.71. The number of hydrogen-bond donors (Lipinski definition) is 1. The van der Waals surface area contributed by atoms with Gasteiger partial charge in [-0.3, -0.25) is 0 Å². The molecule has 96 valence electrons. The van der Waals surface area contributed by atoms with Crippen LogP contribution >= 0.6 is 15.9 Å². The first-order valence-corrected chi connectivity index (χ1v) is 6.91. The normalized spacial score (nSPS) is 12.7. The Balaban J connectivity index is 2.13. The molecule has 1 aromatic heterocycles. The van der Waals surface area contributed by atoms with Crippen molar-refractivity contribution < 1.29 is 4.42 Å². The van der Waals surface area contributed by atoms with Gasteiger partial charge in [-0.15, -0.1) is 0 Å². The van der Waals surface area contributed by atoms with Crippen LogP contribution < -0.4 is 5.32 Å². The number of fused-ring (bicyclic) bond motifs is 1. The fraction of sp³-hybridized carbons (Fsp3) is 0.333. The number of rotatable bonds is 4. The highest BCUT2D eigenvalue weighted by molar-refractivity contribution is 9.10. The molecule has 0 aliphatic carbocycles. The number of nitrogens with one attached hydrogen (secondary N) is 1. The minimum Gasteiger partial charge on any atom is -0.459 e. The Morgan fingerprint density at radius 3 is 2.89 bits per heavy atom. The first-order valence-electron chi connectivity index (χ1n) is 6.12. The summed E-state index contributed by atoms with van der Waals surface area (Å²) in [5.41, 5.74) is 2.26. The Bertz CT molecular complexity index is 567. The summed E-state index contributed by atoms with van der Waals surface area (Å²) in [5.74, 6) is 0.977. The van der Waals surface area contributed by atoms with Gasteiger partial charge in [-0.1, -0.05) is 27.6 Å². The highest BCUT2D eigenvalue weighted by Crippen LogP contribution is 2.26. The predicted molar refractivity (Wildman–Crippen MR) is 79.8 cm³/mol. The molecule has 1 aromatic carbocycles. The number of hydrogen-bond acceptors (Lipinski definition) is 2. The van der Waals surface area contributed by atoms with Crippen molar-refractivity contribution in [3.63, 3.8) is 0 Å². The maximum Gasteiger partial charge on any atom is 0.134 e. The van der Waals surface area contributed by atoms with Gasteiger partial charge in [0.05, 0.1) is 6.04 Å². The van der Waals surface area contributed by atoms with Crippen LogP contribution in [-0.2, 0) is 0 Å². The van der Waals surface area contributed by atoms with Crippen LogP contribution in [0.3, 0.4) is 0 Å². The zero-order valence-corrected chi connectivity index (χ0v) is 12.5. The van der Waals surface area contributed by atoms with E-state index in [2.05, 4.69) is 60.2 Å². The summed E-state index contributed by atoms with van der Waals surface area (Å²) < 4.78 is 6.91. The molecule has 0 radical (unpaired) electrons.